The number of nitrogens with one attached hydrogen (secondary N) is 1. The maximum Gasteiger partial charge on any atom is 0.0508 e. The van der Waals surface area contributed by atoms with E-state index >= 15 is 0 Å². The van der Waals surface area contributed by atoms with Crippen LogP contribution in [0.1, 0.15) is 11.1 Å². The van der Waals surface area contributed by atoms with Gasteiger partial charge in [-0.2, -0.15) is 0 Å². The molecule has 116 valence electrons. The van der Waals surface area contributed by atoms with Gasteiger partial charge in [0.2, 0.25) is 0 Å². The monoisotopic (exact) mass is 376 g/mol. The summed E-state index contributed by atoms with van der Waals surface area (Å²) in [7, 11) is 0. The zero-order valence-corrected chi connectivity index (χ0v) is 15.2. The van der Waals surface area contributed by atoms with E-state index < -0.39 is 0 Å². The van der Waals surface area contributed by atoms with Crippen LogP contribution >= 0.6 is 27.7 Å². The minimum Gasteiger partial charge on any atom is -0.368 e. The Balaban J connectivity index is 1.89. The zero-order chi connectivity index (χ0) is 15.4. The molecule has 22 heavy (non-hydrogen) atoms. The summed E-state index contributed by atoms with van der Waals surface area (Å²) < 4.78 is 0. The van der Waals surface area contributed by atoms with Crippen molar-refractivity contribution >= 4 is 33.4 Å². The number of hydrogen-bond acceptors (Lipinski definition) is 3. The molecule has 1 heterocycles. The molecule has 0 saturated carbocycles. The predicted molar refractivity (Wildman–Crippen MR) is 99.5 cm³/mol. The number of alkyl halides is 1. The van der Waals surface area contributed by atoms with Crippen LogP contribution in [0.15, 0.2) is 52.3 Å². The Morgan fingerprint density at radius 2 is 1.86 bits per heavy atom. The van der Waals surface area contributed by atoms with Gasteiger partial charge in [-0.1, -0.05) is 57.5 Å². The number of aryl methyl sites for hydroxylation is 1. The smallest absolute Gasteiger partial charge is 0.0508 e. The Labute approximate surface area is 145 Å². The number of hydrogen-bond donors (Lipinski definition) is 1. The summed E-state index contributed by atoms with van der Waals surface area (Å²) in [4.78, 5) is 5.17. The van der Waals surface area contributed by atoms with Gasteiger partial charge in [-0.15, -0.1) is 0 Å². The molecule has 0 aliphatic carbocycles. The molecule has 2 aromatic rings. The second kappa shape index (κ2) is 7.53. The van der Waals surface area contributed by atoms with Crippen LogP contribution in [-0.2, 0) is 5.33 Å². The van der Waals surface area contributed by atoms with E-state index in [2.05, 4.69) is 75.5 Å². The summed E-state index contributed by atoms with van der Waals surface area (Å²) in [6, 6.07) is 15.5. The van der Waals surface area contributed by atoms with E-state index in [9.17, 15) is 0 Å². The van der Waals surface area contributed by atoms with Gasteiger partial charge in [0, 0.05) is 41.3 Å². The van der Waals surface area contributed by atoms with Crippen LogP contribution in [0.2, 0.25) is 0 Å². The quantitative estimate of drug-likeness (QED) is 0.793. The van der Waals surface area contributed by atoms with Crippen molar-refractivity contribution in [3.63, 3.8) is 0 Å². The maximum absolute atomic E-state index is 3.62. The molecule has 2 nitrogen and oxygen atoms in total. The lowest BCUT2D eigenvalue weighted by Gasteiger charge is -2.31. The summed E-state index contributed by atoms with van der Waals surface area (Å²) in [6.07, 6.45) is 0. The van der Waals surface area contributed by atoms with Gasteiger partial charge in [0.05, 0.1) is 5.69 Å². The predicted octanol–water partition coefficient (Wildman–Crippen LogP) is 4.45. The number of para-hydroxylation sites is 1. The molecule has 0 aromatic heterocycles. The fourth-order valence-electron chi connectivity index (χ4n) is 2.74. The van der Waals surface area contributed by atoms with Gasteiger partial charge in [0.15, 0.2) is 0 Å². The number of halogens is 1. The minimum absolute atomic E-state index is 0.896. The van der Waals surface area contributed by atoms with E-state index in [1.165, 1.54) is 26.6 Å². The average molecular weight is 377 g/mol. The highest BCUT2D eigenvalue weighted by Crippen LogP contribution is 2.37. The number of nitrogens with zero attached hydrogens (tertiary/aromatic N) is 1. The normalized spacial score (nSPS) is 15.1. The van der Waals surface area contributed by atoms with Crippen LogP contribution in [0.5, 0.6) is 0 Å². The fourth-order valence-corrected chi connectivity index (χ4v) is 4.47. The highest BCUT2D eigenvalue weighted by molar-refractivity contribution is 9.08. The highest BCUT2D eigenvalue weighted by Gasteiger charge is 2.15. The standard InChI is InChI=1S/C18H21BrN2S/c1-14-6-7-17(15(12-14)13-19)22-18-5-3-2-4-16(18)21-10-8-20-9-11-21/h2-7,12,20H,8-11,13H2,1H3. The van der Waals surface area contributed by atoms with E-state index in [-0.39, 0.29) is 0 Å². The van der Waals surface area contributed by atoms with Crippen LogP contribution in [0.25, 0.3) is 0 Å². The van der Waals surface area contributed by atoms with Crippen LogP contribution < -0.4 is 10.2 Å². The lowest BCUT2D eigenvalue weighted by Crippen LogP contribution is -2.43. The zero-order valence-electron chi connectivity index (χ0n) is 12.8. The molecule has 0 spiro atoms. The van der Waals surface area contributed by atoms with Crippen molar-refractivity contribution in [2.45, 2.75) is 22.0 Å². The van der Waals surface area contributed by atoms with Crippen LogP contribution in [-0.4, -0.2) is 26.2 Å². The van der Waals surface area contributed by atoms with E-state index in [0.29, 0.717) is 0 Å². The summed E-state index contributed by atoms with van der Waals surface area (Å²) in [5, 5.41) is 4.32. The van der Waals surface area contributed by atoms with E-state index in [1.807, 2.05) is 11.8 Å². The first kappa shape index (κ1) is 15.9. The SMILES string of the molecule is Cc1ccc(Sc2ccccc2N2CCNCC2)c(CBr)c1. The Kier molecular flexibility index (Phi) is 5.45. The lowest BCUT2D eigenvalue weighted by molar-refractivity contribution is 0.587. The summed E-state index contributed by atoms with van der Waals surface area (Å²) in [5.74, 6) is 0. The van der Waals surface area contributed by atoms with E-state index in [1.54, 1.807) is 0 Å². The molecule has 2 aromatic carbocycles. The second-order valence-corrected chi connectivity index (χ2v) is 7.20. The highest BCUT2D eigenvalue weighted by atomic mass is 79.9. The molecule has 0 radical (unpaired) electrons. The molecular formula is C18H21BrN2S. The Hall–Kier alpha value is -0.970. The number of anilines is 1. The molecule has 0 amide bonds. The largest absolute Gasteiger partial charge is 0.368 e. The third-order valence-corrected chi connectivity index (χ3v) is 5.69. The van der Waals surface area contributed by atoms with Crippen molar-refractivity contribution in [1.29, 1.82) is 0 Å². The number of rotatable bonds is 4. The van der Waals surface area contributed by atoms with Crippen LogP contribution in [0.4, 0.5) is 5.69 Å². The molecule has 0 atom stereocenters. The molecule has 1 N–H and O–H groups in total. The number of piperazine rings is 1. The van der Waals surface area contributed by atoms with Crippen LogP contribution in [0.3, 0.4) is 0 Å². The van der Waals surface area contributed by atoms with Gasteiger partial charge in [-0.05, 0) is 30.7 Å². The van der Waals surface area contributed by atoms with Crippen molar-refractivity contribution in [1.82, 2.24) is 5.32 Å². The molecule has 1 aliphatic rings. The minimum atomic E-state index is 0.896. The first-order valence-electron chi connectivity index (χ1n) is 7.66. The van der Waals surface area contributed by atoms with Crippen molar-refractivity contribution < 1.29 is 0 Å². The van der Waals surface area contributed by atoms with Crippen molar-refractivity contribution in [2.24, 2.45) is 0 Å². The Morgan fingerprint density at radius 3 is 2.64 bits per heavy atom. The van der Waals surface area contributed by atoms with Gasteiger partial charge < -0.3 is 10.2 Å². The van der Waals surface area contributed by atoms with Gasteiger partial charge in [-0.3, -0.25) is 0 Å². The Bertz CT molecular complexity index is 639. The molecular weight excluding hydrogens is 356 g/mol. The van der Waals surface area contributed by atoms with E-state index in [4.69, 9.17) is 0 Å². The first-order chi connectivity index (χ1) is 10.8. The summed E-state index contributed by atoms with van der Waals surface area (Å²) in [5.41, 5.74) is 4.03. The van der Waals surface area contributed by atoms with Crippen LogP contribution in [0, 0.1) is 6.92 Å². The molecule has 1 fully saturated rings. The first-order valence-corrected chi connectivity index (χ1v) is 9.60. The lowest BCUT2D eigenvalue weighted by atomic mass is 10.2. The van der Waals surface area contributed by atoms with Crippen molar-refractivity contribution in [2.75, 3.05) is 31.1 Å². The van der Waals surface area contributed by atoms with Gasteiger partial charge in [-0.25, -0.2) is 0 Å². The Morgan fingerprint density at radius 1 is 1.09 bits per heavy atom. The average Bonchev–Trinajstić information content (AvgIpc) is 2.57. The third-order valence-electron chi connectivity index (χ3n) is 3.90. The van der Waals surface area contributed by atoms with E-state index in [0.717, 1.165) is 31.5 Å². The summed E-state index contributed by atoms with van der Waals surface area (Å²) in [6.45, 7) is 6.44. The van der Waals surface area contributed by atoms with Gasteiger partial charge in [0.1, 0.15) is 0 Å². The molecule has 0 bridgehead atoms. The molecule has 1 aliphatic heterocycles. The molecule has 3 rings (SSSR count). The van der Waals surface area contributed by atoms with Gasteiger partial charge >= 0.3 is 0 Å². The topological polar surface area (TPSA) is 15.3 Å². The fraction of sp³-hybridized carbons (Fsp3) is 0.333. The molecule has 4 heteroatoms. The second-order valence-electron chi connectivity index (χ2n) is 5.55. The number of benzene rings is 2. The molecule has 0 unspecified atom stereocenters. The third kappa shape index (κ3) is 3.67. The summed E-state index contributed by atoms with van der Waals surface area (Å²) >= 11 is 5.49. The van der Waals surface area contributed by atoms with Gasteiger partial charge in [0.25, 0.3) is 0 Å². The molecule has 1 saturated heterocycles. The maximum atomic E-state index is 3.62. The van der Waals surface area contributed by atoms with Crippen molar-refractivity contribution in [3.05, 3.63) is 53.6 Å². The van der Waals surface area contributed by atoms with Crippen molar-refractivity contribution in [3.8, 4) is 0 Å².